The van der Waals surface area contributed by atoms with Crippen LogP contribution in [-0.4, -0.2) is 147 Å². The van der Waals surface area contributed by atoms with Gasteiger partial charge in [-0.2, -0.15) is 11.8 Å². The van der Waals surface area contributed by atoms with Crippen LogP contribution in [0, 0.1) is 0 Å². The molecule has 0 radical (unpaired) electrons. The molecule has 0 aliphatic rings. The number of nitrogens with zero attached hydrogens (tertiary/aromatic N) is 1. The molecule has 0 aliphatic carbocycles. The van der Waals surface area contributed by atoms with E-state index in [9.17, 15) is 53.1 Å². The number of carbonyl (C=O) groups excluding carboxylic acids is 10. The van der Waals surface area contributed by atoms with Gasteiger partial charge in [0.1, 0.15) is 42.3 Å². The highest BCUT2D eigenvalue weighted by molar-refractivity contribution is 7.98. The van der Waals surface area contributed by atoms with Gasteiger partial charge in [-0.05, 0) is 50.3 Å². The Bertz CT molecular complexity index is 2170. The Morgan fingerprint density at radius 3 is 1.91 bits per heavy atom. The second-order valence-electron chi connectivity index (χ2n) is 15.0. The predicted octanol–water partition coefficient (Wildman–Crippen LogP) is -4.26. The maximum absolute atomic E-state index is 14.1. The van der Waals surface area contributed by atoms with Gasteiger partial charge in [-0.25, -0.2) is 4.98 Å². The second kappa shape index (κ2) is 25.9. The average Bonchev–Trinajstić information content (AvgIpc) is 3.93. The second-order valence-corrected chi connectivity index (χ2v) is 15.9. The maximum Gasteiger partial charge on any atom is 0.245 e. The summed E-state index contributed by atoms with van der Waals surface area (Å²) >= 11 is 1.38. The van der Waals surface area contributed by atoms with Gasteiger partial charge < -0.3 is 69.1 Å². The SMILES string of the molecule is CSCC[C@H](NC(=O)[C@H](CO)NC(C)=O)C(=O)N[C@@H](C)C(=O)NCC(=O)N[C@@H](Cc1c[nH]c2ccccc12)C(=O)N[C@@H](CCC(N)=O)C(=O)N[C@@H](Cc1cnc[nH]1)C(=O)N[C@@H](C)C(N)=O. The van der Waals surface area contributed by atoms with Crippen LogP contribution in [0.1, 0.15) is 51.3 Å². The van der Waals surface area contributed by atoms with Gasteiger partial charge in [0.2, 0.25) is 59.1 Å². The van der Waals surface area contributed by atoms with Crippen molar-refractivity contribution in [1.82, 2.24) is 57.5 Å². The minimum Gasteiger partial charge on any atom is -0.394 e. The molecule has 0 unspecified atom stereocenters. The number of aliphatic hydroxyl groups is 1. The highest BCUT2D eigenvalue weighted by Gasteiger charge is 2.32. The number of fused-ring (bicyclic) bond motifs is 1. The molecule has 0 aliphatic heterocycles. The lowest BCUT2D eigenvalue weighted by atomic mass is 10.0. The van der Waals surface area contributed by atoms with Crippen molar-refractivity contribution in [2.45, 2.75) is 95.2 Å². The molecule has 0 bridgehead atoms. The van der Waals surface area contributed by atoms with E-state index >= 15 is 0 Å². The van der Waals surface area contributed by atoms with Crippen molar-refractivity contribution < 1.29 is 53.1 Å². The molecule has 2 heterocycles. The molecule has 0 saturated carbocycles. The Morgan fingerprint density at radius 1 is 0.708 bits per heavy atom. The van der Waals surface area contributed by atoms with Gasteiger partial charge in [-0.15, -0.1) is 0 Å². The molecule has 0 saturated heterocycles. The number of carbonyl (C=O) groups is 10. The molecule has 10 amide bonds. The lowest BCUT2D eigenvalue weighted by Gasteiger charge is -2.26. The summed E-state index contributed by atoms with van der Waals surface area (Å²) < 4.78 is 0. The van der Waals surface area contributed by atoms with E-state index in [-0.39, 0.29) is 32.1 Å². The summed E-state index contributed by atoms with van der Waals surface area (Å²) in [4.78, 5) is 139. The van der Waals surface area contributed by atoms with Crippen LogP contribution in [0.25, 0.3) is 10.9 Å². The number of aliphatic hydroxyl groups excluding tert-OH is 1. The smallest absolute Gasteiger partial charge is 0.245 e. The summed E-state index contributed by atoms with van der Waals surface area (Å²) in [6.07, 6.45) is 5.33. The monoisotopic (exact) mass is 927 g/mol. The van der Waals surface area contributed by atoms with E-state index in [2.05, 4.69) is 57.5 Å². The van der Waals surface area contributed by atoms with Crippen LogP contribution in [0.5, 0.6) is 0 Å². The average molecular weight is 928 g/mol. The predicted molar refractivity (Wildman–Crippen MR) is 236 cm³/mol. The van der Waals surface area contributed by atoms with Crippen molar-refractivity contribution in [3.63, 3.8) is 0 Å². The van der Waals surface area contributed by atoms with Crippen LogP contribution in [0.4, 0.5) is 0 Å². The van der Waals surface area contributed by atoms with E-state index in [1.165, 1.54) is 38.1 Å². The van der Waals surface area contributed by atoms with E-state index in [4.69, 9.17) is 11.5 Å². The molecule has 0 spiro atoms. The number of nitrogens with two attached hydrogens (primary N) is 2. The summed E-state index contributed by atoms with van der Waals surface area (Å²) in [5.74, 6) is -7.64. The first-order valence-electron chi connectivity index (χ1n) is 20.4. The Balaban J connectivity index is 1.79. The molecule has 25 heteroatoms. The Morgan fingerprint density at radius 2 is 1.29 bits per heavy atom. The quantitative estimate of drug-likeness (QED) is 0.0345. The fourth-order valence-electron chi connectivity index (χ4n) is 6.20. The first-order chi connectivity index (χ1) is 30.8. The van der Waals surface area contributed by atoms with Crippen molar-refractivity contribution >= 4 is 81.7 Å². The number of para-hydroxylation sites is 1. The largest absolute Gasteiger partial charge is 0.394 e. The lowest BCUT2D eigenvalue weighted by Crippen LogP contribution is -2.59. The van der Waals surface area contributed by atoms with Crippen LogP contribution in [0.3, 0.4) is 0 Å². The van der Waals surface area contributed by atoms with E-state index in [1.807, 2.05) is 0 Å². The van der Waals surface area contributed by atoms with Gasteiger partial charge in [0.05, 0.1) is 19.5 Å². The molecule has 1 aromatic carbocycles. The first kappa shape index (κ1) is 52.3. The van der Waals surface area contributed by atoms with Gasteiger partial charge in [0, 0.05) is 55.2 Å². The van der Waals surface area contributed by atoms with Crippen molar-refractivity contribution in [3.8, 4) is 0 Å². The van der Waals surface area contributed by atoms with E-state index in [1.54, 1.807) is 36.7 Å². The molecule has 2 aromatic heterocycles. The number of primary amides is 2. The maximum atomic E-state index is 14.1. The Hall–Kier alpha value is -7.02. The van der Waals surface area contributed by atoms with Crippen LogP contribution in [0.15, 0.2) is 43.0 Å². The summed E-state index contributed by atoms with van der Waals surface area (Å²) in [6.45, 7) is 2.42. The standard InChI is InChI=1S/C40H57N13O11S/c1-20(34(42)58)47-38(62)30(14-24-16-43-19-46-24)53-37(61)27(9-10-32(41)56)51-39(63)29(13-23-15-44-26-8-6-5-7-25(23)26)50-33(57)17-45-35(59)21(2)48-36(60)28(11-12-65-4)52-40(64)31(18-54)49-22(3)55/h5-8,15-16,19-21,27-31,44,54H,9-14,17-18H2,1-4H3,(H2,41,56)(H2,42,58)(H,43,46)(H,45,59)(H,47,62)(H,48,60)(H,49,55)(H,50,57)(H,51,63)(H,52,64)(H,53,61)/t20-,21-,27-,28-,29-,30-,31-/m0/s1. The summed E-state index contributed by atoms with van der Waals surface area (Å²) in [5, 5.41) is 30.0. The minimum atomic E-state index is -1.49. The number of benzene rings is 1. The third-order valence-corrected chi connectivity index (χ3v) is 10.4. The molecular formula is C40H57N13O11S. The van der Waals surface area contributed by atoms with Gasteiger partial charge in [-0.3, -0.25) is 47.9 Å². The number of thioether (sulfide) groups is 1. The van der Waals surface area contributed by atoms with Crippen molar-refractivity contribution in [2.75, 3.05) is 25.2 Å². The Kier molecular flexibility index (Phi) is 20.9. The molecule has 3 aromatic rings. The summed E-state index contributed by atoms with van der Waals surface area (Å²) in [5.41, 5.74) is 12.4. The topological polar surface area (TPSA) is 384 Å². The molecule has 0 fully saturated rings. The Labute approximate surface area is 377 Å². The van der Waals surface area contributed by atoms with Crippen molar-refractivity contribution in [3.05, 3.63) is 54.2 Å². The third-order valence-electron chi connectivity index (χ3n) is 9.76. The van der Waals surface area contributed by atoms with Crippen molar-refractivity contribution in [1.29, 1.82) is 0 Å². The van der Waals surface area contributed by atoms with E-state index < -0.39 is 115 Å². The van der Waals surface area contributed by atoms with E-state index in [0.717, 1.165) is 12.4 Å². The molecule has 24 nitrogen and oxygen atoms in total. The number of H-pyrrole nitrogens is 2. The van der Waals surface area contributed by atoms with Crippen LogP contribution in [-0.2, 0) is 60.8 Å². The normalized spacial score (nSPS) is 14.2. The van der Waals surface area contributed by atoms with Gasteiger partial charge >= 0.3 is 0 Å². The number of hydrogen-bond acceptors (Lipinski definition) is 13. The summed E-state index contributed by atoms with van der Waals surface area (Å²) in [6, 6.07) is -1.90. The number of nitrogens with one attached hydrogen (secondary N) is 10. The van der Waals surface area contributed by atoms with Gasteiger partial charge in [0.25, 0.3) is 0 Å². The minimum absolute atomic E-state index is 0.132. The van der Waals surface area contributed by atoms with Crippen LogP contribution < -0.4 is 54.0 Å². The molecule has 15 N–H and O–H groups in total. The zero-order valence-corrected chi connectivity index (χ0v) is 37.1. The molecule has 3 rings (SSSR count). The van der Waals surface area contributed by atoms with E-state index in [0.29, 0.717) is 22.4 Å². The number of amides is 10. The van der Waals surface area contributed by atoms with Crippen LogP contribution in [0.2, 0.25) is 0 Å². The number of rotatable bonds is 27. The molecular weight excluding hydrogens is 871 g/mol. The first-order valence-corrected chi connectivity index (χ1v) is 21.8. The van der Waals surface area contributed by atoms with Crippen molar-refractivity contribution in [2.24, 2.45) is 11.5 Å². The zero-order valence-electron chi connectivity index (χ0n) is 36.3. The lowest BCUT2D eigenvalue weighted by molar-refractivity contribution is -0.135. The highest BCUT2D eigenvalue weighted by atomic mass is 32.2. The number of hydrogen-bond donors (Lipinski definition) is 13. The summed E-state index contributed by atoms with van der Waals surface area (Å²) in [7, 11) is 0. The fourth-order valence-corrected chi connectivity index (χ4v) is 6.67. The number of aromatic nitrogens is 3. The molecule has 354 valence electrons. The van der Waals surface area contributed by atoms with Crippen LogP contribution >= 0.6 is 11.8 Å². The number of imidazole rings is 1. The fraction of sp³-hybridized carbons (Fsp3) is 0.475. The molecule has 65 heavy (non-hydrogen) atoms. The third kappa shape index (κ3) is 17.2. The van der Waals surface area contributed by atoms with Gasteiger partial charge in [-0.1, -0.05) is 18.2 Å². The highest BCUT2D eigenvalue weighted by Crippen LogP contribution is 2.19. The molecule has 7 atom stereocenters. The van der Waals surface area contributed by atoms with Gasteiger partial charge in [0.15, 0.2) is 0 Å². The zero-order chi connectivity index (χ0) is 48.2. The number of aromatic amines is 2.